The molecule has 0 bridgehead atoms. The standard InChI is InChI=1S/C7H16.C5H12.H2/c1-5-6-7(2,3)4;1-5(2,3)4;/h5-6H2,1-4H3;1-4H3;1H/i;;1+1. The van der Waals surface area contributed by atoms with Crippen LogP contribution in [-0.2, 0) is 0 Å². The highest BCUT2D eigenvalue weighted by Crippen LogP contribution is 2.19. The largest absolute Gasteiger partial charge is 0.0654 e. The van der Waals surface area contributed by atoms with Gasteiger partial charge >= 0.3 is 0 Å². The van der Waals surface area contributed by atoms with E-state index < -0.39 is 0 Å². The lowest BCUT2D eigenvalue weighted by molar-refractivity contribution is 0.373. The lowest BCUT2D eigenvalue weighted by Gasteiger charge is -2.15. The minimum atomic E-state index is 0. The summed E-state index contributed by atoms with van der Waals surface area (Å²) in [4.78, 5) is 0. The summed E-state index contributed by atoms with van der Waals surface area (Å²) >= 11 is 0. The zero-order valence-corrected chi connectivity index (χ0v) is 10.4. The van der Waals surface area contributed by atoms with E-state index in [0.29, 0.717) is 10.8 Å². The van der Waals surface area contributed by atoms with E-state index in [4.69, 9.17) is 0 Å². The third-order valence-electron chi connectivity index (χ3n) is 1.000. The van der Waals surface area contributed by atoms with Crippen molar-refractivity contribution in [3.05, 3.63) is 0 Å². The molecule has 0 aliphatic carbocycles. The average molecular weight is 175 g/mol. The zero-order chi connectivity index (χ0) is 10.4. The molecule has 12 heavy (non-hydrogen) atoms. The van der Waals surface area contributed by atoms with E-state index in [1.807, 2.05) is 0 Å². The molecule has 0 spiro atoms. The van der Waals surface area contributed by atoms with Gasteiger partial charge in [0, 0.05) is 1.43 Å². The molecular weight excluding hydrogens is 144 g/mol. The minimum Gasteiger partial charge on any atom is -0.0654 e. The molecule has 0 saturated carbocycles. The molecule has 0 N–H and O–H groups in total. The Hall–Kier alpha value is 0. The van der Waals surface area contributed by atoms with Crippen molar-refractivity contribution in [2.24, 2.45) is 10.8 Å². The predicted octanol–water partition coefficient (Wildman–Crippen LogP) is 5.13. The summed E-state index contributed by atoms with van der Waals surface area (Å²) in [6, 6.07) is 0. The highest BCUT2D eigenvalue weighted by molar-refractivity contribution is 4.58. The molecule has 0 atom stereocenters. The van der Waals surface area contributed by atoms with Gasteiger partial charge in [-0.15, -0.1) is 0 Å². The summed E-state index contributed by atoms with van der Waals surface area (Å²) in [7, 11) is 0. The van der Waals surface area contributed by atoms with Crippen molar-refractivity contribution >= 4 is 0 Å². The third kappa shape index (κ3) is 50.6. The molecule has 0 saturated heterocycles. The van der Waals surface area contributed by atoms with E-state index in [-0.39, 0.29) is 1.43 Å². The van der Waals surface area contributed by atoms with Crippen LogP contribution in [0.15, 0.2) is 0 Å². The monoisotopic (exact) mass is 175 g/mol. The number of rotatable bonds is 1. The number of hydrogen-bond donors (Lipinski definition) is 0. The van der Waals surface area contributed by atoms with E-state index in [1.165, 1.54) is 12.8 Å². The van der Waals surface area contributed by atoms with Crippen molar-refractivity contribution in [2.75, 3.05) is 0 Å². The summed E-state index contributed by atoms with van der Waals surface area (Å²) in [5.74, 6) is 0. The van der Waals surface area contributed by atoms with Crippen LogP contribution in [-0.4, -0.2) is 0 Å². The molecule has 0 heterocycles. The van der Waals surface area contributed by atoms with Crippen molar-refractivity contribution in [3.8, 4) is 0 Å². The molecule has 0 nitrogen and oxygen atoms in total. The van der Waals surface area contributed by atoms with Crippen LogP contribution in [0.2, 0.25) is 0 Å². The molecular formula is C12H30. The Bertz CT molecular complexity index is 86.7. The van der Waals surface area contributed by atoms with Gasteiger partial charge in [-0.1, -0.05) is 61.8 Å². The maximum Gasteiger partial charge on any atom is 0 e. The van der Waals surface area contributed by atoms with Crippen molar-refractivity contribution in [3.63, 3.8) is 0 Å². The second-order valence-corrected chi connectivity index (χ2v) is 6.31. The Labute approximate surface area is 81.2 Å². The van der Waals surface area contributed by atoms with E-state index >= 15 is 0 Å². The van der Waals surface area contributed by atoms with E-state index in [9.17, 15) is 0 Å². The highest BCUT2D eigenvalue weighted by Gasteiger charge is 2.06. The average Bonchev–Trinajstić information content (AvgIpc) is 1.54. The van der Waals surface area contributed by atoms with Gasteiger partial charge in [-0.2, -0.15) is 0 Å². The van der Waals surface area contributed by atoms with E-state index in [0.717, 1.165) is 0 Å². The Morgan fingerprint density at radius 1 is 0.833 bits per heavy atom. The molecule has 0 rings (SSSR count). The third-order valence-corrected chi connectivity index (χ3v) is 1.000. The van der Waals surface area contributed by atoms with Crippen LogP contribution in [0, 0.1) is 10.8 Å². The first-order valence-corrected chi connectivity index (χ1v) is 5.06. The van der Waals surface area contributed by atoms with Crippen LogP contribution in [0.5, 0.6) is 0 Å². The van der Waals surface area contributed by atoms with Gasteiger partial charge in [0.15, 0.2) is 0 Å². The summed E-state index contributed by atoms with van der Waals surface area (Å²) < 4.78 is 0. The Morgan fingerprint density at radius 2 is 1.08 bits per heavy atom. The maximum absolute atomic E-state index is 2.27. The van der Waals surface area contributed by atoms with Crippen LogP contribution in [0.3, 0.4) is 0 Å². The Balaban J connectivity index is -0.000000150. The van der Waals surface area contributed by atoms with Gasteiger partial charge in [0.05, 0.1) is 0 Å². The second kappa shape index (κ2) is 5.61. The highest BCUT2D eigenvalue weighted by atomic mass is 14.1. The van der Waals surface area contributed by atoms with Crippen LogP contribution in [0.4, 0.5) is 0 Å². The topological polar surface area (TPSA) is 0 Å². The van der Waals surface area contributed by atoms with Crippen LogP contribution < -0.4 is 0 Å². The van der Waals surface area contributed by atoms with Gasteiger partial charge in [-0.25, -0.2) is 0 Å². The fourth-order valence-corrected chi connectivity index (χ4v) is 0.750. The van der Waals surface area contributed by atoms with Crippen LogP contribution >= 0.6 is 0 Å². The SMILES string of the molecule is CC(C)(C)C.CCCC(C)(C)C.[2HH]. The molecule has 0 aliphatic heterocycles. The van der Waals surface area contributed by atoms with Gasteiger partial charge in [0.1, 0.15) is 0 Å². The fraction of sp³-hybridized carbons (Fsp3) is 1.00. The molecule has 0 amide bonds. The van der Waals surface area contributed by atoms with Crippen LogP contribution in [0.25, 0.3) is 0 Å². The Kier molecular flexibility index (Phi) is 6.79. The first-order valence-electron chi connectivity index (χ1n) is 5.06. The Morgan fingerprint density at radius 3 is 1.08 bits per heavy atom. The van der Waals surface area contributed by atoms with Gasteiger partial charge in [0.25, 0.3) is 0 Å². The van der Waals surface area contributed by atoms with E-state index in [2.05, 4.69) is 55.4 Å². The smallest absolute Gasteiger partial charge is 0 e. The molecule has 0 aliphatic rings. The lowest BCUT2D eigenvalue weighted by atomic mass is 9.91. The quantitative estimate of drug-likeness (QED) is 0.518. The predicted molar refractivity (Wildman–Crippen MR) is 61.6 cm³/mol. The van der Waals surface area contributed by atoms with E-state index in [1.54, 1.807) is 0 Å². The summed E-state index contributed by atoms with van der Waals surface area (Å²) in [5.41, 5.74) is 1.05. The first-order chi connectivity index (χ1) is 5.06. The molecule has 78 valence electrons. The second-order valence-electron chi connectivity index (χ2n) is 6.31. The van der Waals surface area contributed by atoms with Crippen LogP contribution in [0.1, 0.15) is 69.7 Å². The maximum atomic E-state index is 2.27. The normalized spacial score (nSPS) is 12.0. The summed E-state index contributed by atoms with van der Waals surface area (Å²) in [6.07, 6.45) is 2.65. The number of hydrogen-bond acceptors (Lipinski definition) is 0. The molecule has 0 heteroatoms. The molecule has 0 fully saturated rings. The lowest BCUT2D eigenvalue weighted by Crippen LogP contribution is -2.02. The van der Waals surface area contributed by atoms with Crippen molar-refractivity contribution in [1.29, 1.82) is 0 Å². The van der Waals surface area contributed by atoms with Gasteiger partial charge in [-0.05, 0) is 17.3 Å². The molecule has 0 aromatic heterocycles. The van der Waals surface area contributed by atoms with Gasteiger partial charge in [0.2, 0.25) is 0 Å². The van der Waals surface area contributed by atoms with Crippen molar-refractivity contribution in [1.82, 2.24) is 0 Å². The summed E-state index contributed by atoms with van der Waals surface area (Å²) in [6.45, 7) is 17.8. The van der Waals surface area contributed by atoms with Gasteiger partial charge in [-0.3, -0.25) is 0 Å². The molecule has 0 aromatic rings. The first kappa shape index (κ1) is 14.5. The molecule has 0 unspecified atom stereocenters. The molecule has 0 radical (unpaired) electrons. The van der Waals surface area contributed by atoms with Crippen molar-refractivity contribution < 1.29 is 1.43 Å². The van der Waals surface area contributed by atoms with Gasteiger partial charge < -0.3 is 0 Å². The fourth-order valence-electron chi connectivity index (χ4n) is 0.750. The minimum absolute atomic E-state index is 0. The summed E-state index contributed by atoms with van der Waals surface area (Å²) in [5, 5.41) is 0. The van der Waals surface area contributed by atoms with Crippen molar-refractivity contribution in [2.45, 2.75) is 68.2 Å². The zero-order valence-electron chi connectivity index (χ0n) is 10.4. The molecule has 0 aromatic carbocycles.